The first-order valence-corrected chi connectivity index (χ1v) is 8.24. The number of benzene rings is 1. The van der Waals surface area contributed by atoms with Crippen LogP contribution in [0.4, 0.5) is 0 Å². The highest BCUT2D eigenvalue weighted by molar-refractivity contribution is 6.42. The number of aromatic nitrogens is 2. The minimum absolute atomic E-state index is 0.0886. The second-order valence-electron chi connectivity index (χ2n) is 5.42. The smallest absolute Gasteiger partial charge is 0.274 e. The molecule has 0 radical (unpaired) electrons. The molecule has 1 aliphatic rings. The average molecular weight is 354 g/mol. The van der Waals surface area contributed by atoms with E-state index in [0.717, 1.165) is 17.7 Å². The Kier molecular flexibility index (Phi) is 4.90. The van der Waals surface area contributed by atoms with Crippen molar-refractivity contribution in [2.75, 3.05) is 19.7 Å². The highest BCUT2D eigenvalue weighted by Gasteiger charge is 2.27. The van der Waals surface area contributed by atoms with E-state index in [1.165, 1.54) is 0 Å². The normalized spacial score (nSPS) is 18.2. The number of nitrogens with one attached hydrogen (secondary N) is 1. The van der Waals surface area contributed by atoms with E-state index in [1.807, 2.05) is 13.0 Å². The number of H-pyrrole nitrogens is 1. The zero-order valence-electron chi connectivity index (χ0n) is 12.7. The predicted molar refractivity (Wildman–Crippen MR) is 89.0 cm³/mol. The number of halogens is 2. The number of hydrogen-bond acceptors (Lipinski definition) is 3. The van der Waals surface area contributed by atoms with Crippen molar-refractivity contribution >= 4 is 29.1 Å². The van der Waals surface area contributed by atoms with Crippen molar-refractivity contribution < 1.29 is 9.53 Å². The lowest BCUT2D eigenvalue weighted by Gasteiger charge is -2.32. The van der Waals surface area contributed by atoms with Crippen LogP contribution in [0, 0.1) is 0 Å². The average Bonchev–Trinajstić information content (AvgIpc) is 3.06. The number of aryl methyl sites for hydroxylation is 1. The highest BCUT2D eigenvalue weighted by Crippen LogP contribution is 2.29. The van der Waals surface area contributed by atoms with E-state index in [-0.39, 0.29) is 12.0 Å². The Balaban J connectivity index is 1.74. The van der Waals surface area contributed by atoms with Crippen LogP contribution >= 0.6 is 23.2 Å². The molecule has 1 aromatic heterocycles. The molecule has 1 aromatic carbocycles. The summed E-state index contributed by atoms with van der Waals surface area (Å²) in [6.07, 6.45) is 0.599. The van der Waals surface area contributed by atoms with E-state index < -0.39 is 0 Å². The van der Waals surface area contributed by atoms with E-state index in [9.17, 15) is 4.79 Å². The van der Waals surface area contributed by atoms with Crippen LogP contribution in [0.3, 0.4) is 0 Å². The lowest BCUT2D eigenvalue weighted by atomic mass is 10.1. The molecule has 1 aliphatic heterocycles. The standard InChI is InChI=1S/C16H17Cl2N3O2/c1-2-11-8-14(20-19-11)16(22)21-5-6-23-15(9-21)10-3-4-12(17)13(18)7-10/h3-4,7-8,15H,2,5-6,9H2,1H3,(H,19,20). The number of nitrogens with zero attached hydrogens (tertiary/aromatic N) is 2. The summed E-state index contributed by atoms with van der Waals surface area (Å²) in [5.74, 6) is -0.0886. The molecule has 2 aromatic rings. The number of carbonyl (C=O) groups is 1. The summed E-state index contributed by atoms with van der Waals surface area (Å²) in [6.45, 7) is 3.49. The first-order valence-electron chi connectivity index (χ1n) is 7.48. The molecule has 1 fully saturated rings. The number of rotatable bonds is 3. The quantitative estimate of drug-likeness (QED) is 0.918. The molecule has 0 aliphatic carbocycles. The summed E-state index contributed by atoms with van der Waals surface area (Å²) in [5, 5.41) is 7.95. The Labute approximate surface area is 144 Å². The summed E-state index contributed by atoms with van der Waals surface area (Å²) in [4.78, 5) is 14.3. The van der Waals surface area contributed by atoms with Crippen molar-refractivity contribution in [2.24, 2.45) is 0 Å². The van der Waals surface area contributed by atoms with Crippen LogP contribution in [0.15, 0.2) is 24.3 Å². The molecule has 7 heteroatoms. The number of ether oxygens (including phenoxy) is 1. The fraction of sp³-hybridized carbons (Fsp3) is 0.375. The van der Waals surface area contributed by atoms with Crippen molar-refractivity contribution in [1.82, 2.24) is 15.1 Å². The molecular formula is C16H17Cl2N3O2. The Bertz CT molecular complexity index is 717. The van der Waals surface area contributed by atoms with Gasteiger partial charge in [0.25, 0.3) is 5.91 Å². The molecule has 23 heavy (non-hydrogen) atoms. The molecule has 0 saturated carbocycles. The summed E-state index contributed by atoms with van der Waals surface area (Å²) >= 11 is 12.0. The second kappa shape index (κ2) is 6.91. The maximum atomic E-state index is 12.6. The van der Waals surface area contributed by atoms with E-state index in [1.54, 1.807) is 23.1 Å². The van der Waals surface area contributed by atoms with Crippen LogP contribution in [-0.4, -0.2) is 40.7 Å². The van der Waals surface area contributed by atoms with E-state index in [0.29, 0.717) is 35.4 Å². The van der Waals surface area contributed by atoms with Crippen LogP contribution in [-0.2, 0) is 11.2 Å². The Hall–Kier alpha value is -1.56. The van der Waals surface area contributed by atoms with E-state index in [4.69, 9.17) is 27.9 Å². The maximum absolute atomic E-state index is 12.6. The Morgan fingerprint density at radius 1 is 1.39 bits per heavy atom. The molecule has 5 nitrogen and oxygen atoms in total. The zero-order valence-corrected chi connectivity index (χ0v) is 14.2. The first kappa shape index (κ1) is 16.3. The van der Waals surface area contributed by atoms with Gasteiger partial charge in [-0.05, 0) is 30.2 Å². The van der Waals surface area contributed by atoms with Crippen LogP contribution in [0.2, 0.25) is 10.0 Å². The third-order valence-electron chi connectivity index (χ3n) is 3.90. The molecule has 122 valence electrons. The molecule has 1 atom stereocenters. The van der Waals surface area contributed by atoms with Gasteiger partial charge in [-0.15, -0.1) is 0 Å². The third kappa shape index (κ3) is 3.52. The van der Waals surface area contributed by atoms with Gasteiger partial charge in [-0.3, -0.25) is 9.89 Å². The van der Waals surface area contributed by atoms with Crippen LogP contribution in [0.5, 0.6) is 0 Å². The Morgan fingerprint density at radius 3 is 2.91 bits per heavy atom. The molecule has 0 bridgehead atoms. The van der Waals surface area contributed by atoms with Crippen molar-refractivity contribution in [3.8, 4) is 0 Å². The van der Waals surface area contributed by atoms with E-state index in [2.05, 4.69) is 10.2 Å². The molecule has 1 N–H and O–H groups in total. The molecule has 1 unspecified atom stereocenters. The van der Waals surface area contributed by atoms with Gasteiger partial charge < -0.3 is 9.64 Å². The van der Waals surface area contributed by atoms with Crippen molar-refractivity contribution in [2.45, 2.75) is 19.4 Å². The predicted octanol–water partition coefficient (Wildman–Crippen LogP) is 3.49. The van der Waals surface area contributed by atoms with Crippen LogP contribution in [0.1, 0.15) is 34.8 Å². The fourth-order valence-corrected chi connectivity index (χ4v) is 2.87. The van der Waals surface area contributed by atoms with Gasteiger partial charge in [-0.2, -0.15) is 5.10 Å². The molecule has 1 amide bonds. The van der Waals surface area contributed by atoms with Crippen molar-refractivity contribution in [3.63, 3.8) is 0 Å². The highest BCUT2D eigenvalue weighted by atomic mass is 35.5. The lowest BCUT2D eigenvalue weighted by molar-refractivity contribution is -0.0230. The molecule has 1 saturated heterocycles. The van der Waals surface area contributed by atoms with Gasteiger partial charge in [0.1, 0.15) is 11.8 Å². The molecule has 0 spiro atoms. The topological polar surface area (TPSA) is 58.2 Å². The van der Waals surface area contributed by atoms with Gasteiger partial charge in [0.15, 0.2) is 0 Å². The minimum atomic E-state index is -0.216. The minimum Gasteiger partial charge on any atom is -0.370 e. The molecule has 2 heterocycles. The SMILES string of the molecule is CCc1cc(C(=O)N2CCOC(c3ccc(Cl)c(Cl)c3)C2)n[nH]1. The maximum Gasteiger partial charge on any atom is 0.274 e. The van der Waals surface area contributed by atoms with Crippen molar-refractivity contribution in [1.29, 1.82) is 0 Å². The third-order valence-corrected chi connectivity index (χ3v) is 4.64. The van der Waals surface area contributed by atoms with Gasteiger partial charge in [0.2, 0.25) is 0 Å². The molecular weight excluding hydrogens is 337 g/mol. The lowest BCUT2D eigenvalue weighted by Crippen LogP contribution is -2.42. The number of hydrogen-bond donors (Lipinski definition) is 1. The monoisotopic (exact) mass is 353 g/mol. The fourth-order valence-electron chi connectivity index (χ4n) is 2.56. The number of carbonyl (C=O) groups excluding carboxylic acids is 1. The van der Waals surface area contributed by atoms with Gasteiger partial charge >= 0.3 is 0 Å². The number of morpholine rings is 1. The summed E-state index contributed by atoms with van der Waals surface area (Å²) in [5.41, 5.74) is 2.30. The Morgan fingerprint density at radius 2 is 2.22 bits per heavy atom. The van der Waals surface area contributed by atoms with Gasteiger partial charge in [0.05, 0.1) is 23.2 Å². The van der Waals surface area contributed by atoms with Gasteiger partial charge in [-0.1, -0.05) is 36.2 Å². The zero-order chi connectivity index (χ0) is 16.4. The first-order chi connectivity index (χ1) is 11.1. The summed E-state index contributed by atoms with van der Waals surface area (Å²) in [7, 11) is 0. The largest absolute Gasteiger partial charge is 0.370 e. The van der Waals surface area contributed by atoms with Crippen LogP contribution < -0.4 is 0 Å². The molecule has 3 rings (SSSR count). The van der Waals surface area contributed by atoms with Crippen LogP contribution in [0.25, 0.3) is 0 Å². The number of aromatic amines is 1. The van der Waals surface area contributed by atoms with Gasteiger partial charge in [0, 0.05) is 12.2 Å². The summed E-state index contributed by atoms with van der Waals surface area (Å²) < 4.78 is 5.78. The second-order valence-corrected chi connectivity index (χ2v) is 6.23. The van der Waals surface area contributed by atoms with Gasteiger partial charge in [-0.25, -0.2) is 0 Å². The summed E-state index contributed by atoms with van der Waals surface area (Å²) in [6, 6.07) is 7.19. The van der Waals surface area contributed by atoms with E-state index >= 15 is 0 Å². The number of amides is 1. The van der Waals surface area contributed by atoms with Crippen molar-refractivity contribution in [3.05, 3.63) is 51.3 Å².